The fourth-order valence-electron chi connectivity index (χ4n) is 3.80. The molecule has 0 radical (unpaired) electrons. The summed E-state index contributed by atoms with van der Waals surface area (Å²) in [6, 6.07) is 14.3. The number of nitrogens with zero attached hydrogens (tertiary/aromatic N) is 2. The van der Waals surface area contributed by atoms with E-state index in [4.69, 9.17) is 0 Å². The van der Waals surface area contributed by atoms with Gasteiger partial charge in [-0.1, -0.05) is 35.9 Å². The first-order chi connectivity index (χ1) is 13.6. The summed E-state index contributed by atoms with van der Waals surface area (Å²) in [5, 5.41) is 0.626. The van der Waals surface area contributed by atoms with Gasteiger partial charge in [-0.05, 0) is 52.8 Å². The first-order valence-corrected chi connectivity index (χ1v) is 11.3. The Kier molecular flexibility index (Phi) is 5.85. The van der Waals surface area contributed by atoms with Crippen LogP contribution in [0.1, 0.15) is 33.3 Å². The number of sulfone groups is 1. The Morgan fingerprint density at radius 3 is 2.14 bits per heavy atom. The van der Waals surface area contributed by atoms with Crippen molar-refractivity contribution in [3.63, 3.8) is 0 Å². The van der Waals surface area contributed by atoms with Gasteiger partial charge in [-0.15, -0.1) is 0 Å². The lowest BCUT2D eigenvalue weighted by atomic mass is 10.2. The molecule has 29 heavy (non-hydrogen) atoms. The van der Waals surface area contributed by atoms with Crippen LogP contribution in [0.3, 0.4) is 0 Å². The molecule has 0 atom stereocenters. The van der Waals surface area contributed by atoms with Crippen LogP contribution < -0.4 is 0 Å². The molecular formula is C23H28N2O3S. The molecule has 3 rings (SSSR count). The lowest BCUT2D eigenvalue weighted by Gasteiger charge is -2.31. The van der Waals surface area contributed by atoms with E-state index in [0.29, 0.717) is 5.39 Å². The molecule has 1 heterocycles. The molecule has 0 aliphatic carbocycles. The summed E-state index contributed by atoms with van der Waals surface area (Å²) in [5.41, 5.74) is 1.73. The molecule has 0 fully saturated rings. The van der Waals surface area contributed by atoms with Crippen LogP contribution in [0.25, 0.3) is 10.9 Å². The van der Waals surface area contributed by atoms with E-state index in [1.165, 1.54) is 0 Å². The van der Waals surface area contributed by atoms with Gasteiger partial charge in [-0.25, -0.2) is 8.42 Å². The van der Waals surface area contributed by atoms with Crippen LogP contribution in [0.15, 0.2) is 64.5 Å². The Bertz CT molecular complexity index is 1120. The Labute approximate surface area is 172 Å². The second-order valence-corrected chi connectivity index (χ2v) is 9.86. The maximum atomic E-state index is 13.3. The first-order valence-electron chi connectivity index (χ1n) is 9.83. The van der Waals surface area contributed by atoms with E-state index in [2.05, 4.69) is 0 Å². The van der Waals surface area contributed by atoms with Crippen molar-refractivity contribution in [2.45, 2.75) is 63.0 Å². The van der Waals surface area contributed by atoms with Crippen LogP contribution in [0.2, 0.25) is 0 Å². The molecule has 6 heteroatoms. The third-order valence-electron chi connectivity index (χ3n) is 5.08. The fraction of sp³-hybridized carbons (Fsp3) is 0.348. The summed E-state index contributed by atoms with van der Waals surface area (Å²) in [4.78, 5) is 15.3. The van der Waals surface area contributed by atoms with E-state index in [9.17, 15) is 13.2 Å². The van der Waals surface area contributed by atoms with Crippen LogP contribution in [-0.4, -0.2) is 35.9 Å². The molecule has 0 N–H and O–H groups in total. The second kappa shape index (κ2) is 8.03. The maximum Gasteiger partial charge on any atom is 0.242 e. The molecular weight excluding hydrogens is 384 g/mol. The Morgan fingerprint density at radius 2 is 1.55 bits per heavy atom. The number of benzene rings is 2. The monoisotopic (exact) mass is 412 g/mol. The molecule has 1 amide bonds. The third-order valence-corrected chi connectivity index (χ3v) is 6.88. The molecule has 0 aliphatic rings. The van der Waals surface area contributed by atoms with Gasteiger partial charge in [0.15, 0.2) is 0 Å². The smallest absolute Gasteiger partial charge is 0.242 e. The number of amides is 1. The third kappa shape index (κ3) is 4.08. The van der Waals surface area contributed by atoms with Crippen molar-refractivity contribution in [1.29, 1.82) is 0 Å². The SMILES string of the molecule is Cc1ccc(S(=O)(=O)c2cn(CC(=O)N(C(C)C)C(C)C)c3ccccc23)cc1. The molecule has 0 saturated heterocycles. The lowest BCUT2D eigenvalue weighted by Crippen LogP contribution is -2.43. The van der Waals surface area contributed by atoms with Crippen molar-refractivity contribution in [2.75, 3.05) is 0 Å². The summed E-state index contributed by atoms with van der Waals surface area (Å²) < 4.78 is 28.3. The van der Waals surface area contributed by atoms with E-state index in [1.54, 1.807) is 41.1 Å². The van der Waals surface area contributed by atoms with E-state index in [0.717, 1.165) is 11.1 Å². The number of aryl methyl sites for hydroxylation is 1. The molecule has 0 aliphatic heterocycles. The summed E-state index contributed by atoms with van der Waals surface area (Å²) in [6.07, 6.45) is 1.59. The molecule has 0 unspecified atom stereocenters. The van der Waals surface area contributed by atoms with Crippen molar-refractivity contribution >= 4 is 26.6 Å². The topological polar surface area (TPSA) is 59.4 Å². The van der Waals surface area contributed by atoms with Gasteiger partial charge in [0.1, 0.15) is 6.54 Å². The average molecular weight is 413 g/mol. The highest BCUT2D eigenvalue weighted by Crippen LogP contribution is 2.30. The molecule has 5 nitrogen and oxygen atoms in total. The minimum atomic E-state index is -3.70. The Hall–Kier alpha value is -2.60. The molecule has 0 bridgehead atoms. The maximum absolute atomic E-state index is 13.3. The molecule has 1 aromatic heterocycles. The summed E-state index contributed by atoms with van der Waals surface area (Å²) in [7, 11) is -3.70. The number of para-hydroxylation sites is 1. The molecule has 2 aromatic carbocycles. The van der Waals surface area contributed by atoms with Gasteiger partial charge in [0.25, 0.3) is 0 Å². The minimum absolute atomic E-state index is 0.0324. The van der Waals surface area contributed by atoms with Crippen LogP contribution in [0.4, 0.5) is 0 Å². The van der Waals surface area contributed by atoms with Gasteiger partial charge < -0.3 is 9.47 Å². The van der Waals surface area contributed by atoms with Crippen molar-refractivity contribution in [3.8, 4) is 0 Å². The van der Waals surface area contributed by atoms with Crippen molar-refractivity contribution in [3.05, 3.63) is 60.3 Å². The highest BCUT2D eigenvalue weighted by atomic mass is 32.2. The summed E-state index contributed by atoms with van der Waals surface area (Å²) >= 11 is 0. The van der Waals surface area contributed by atoms with Crippen molar-refractivity contribution in [2.24, 2.45) is 0 Å². The van der Waals surface area contributed by atoms with Gasteiger partial charge in [0.2, 0.25) is 15.7 Å². The predicted octanol–water partition coefficient (Wildman–Crippen LogP) is 4.43. The van der Waals surface area contributed by atoms with Gasteiger partial charge in [0, 0.05) is 29.2 Å². The first kappa shape index (κ1) is 21.1. The quantitative estimate of drug-likeness (QED) is 0.602. The Morgan fingerprint density at radius 1 is 0.966 bits per heavy atom. The van der Waals surface area contributed by atoms with Gasteiger partial charge in [-0.3, -0.25) is 4.79 Å². The number of rotatable bonds is 6. The normalized spacial score (nSPS) is 12.1. The van der Waals surface area contributed by atoms with E-state index in [1.807, 2.05) is 57.7 Å². The minimum Gasteiger partial charge on any atom is -0.337 e. The number of carbonyl (C=O) groups is 1. The van der Waals surface area contributed by atoms with Crippen molar-refractivity contribution in [1.82, 2.24) is 9.47 Å². The number of fused-ring (bicyclic) bond motifs is 1. The predicted molar refractivity (Wildman–Crippen MR) is 116 cm³/mol. The van der Waals surface area contributed by atoms with Gasteiger partial charge >= 0.3 is 0 Å². The lowest BCUT2D eigenvalue weighted by molar-refractivity contribution is -0.135. The Balaban J connectivity index is 2.08. The van der Waals surface area contributed by atoms with E-state index >= 15 is 0 Å². The molecule has 0 spiro atoms. The molecule has 154 valence electrons. The second-order valence-electron chi connectivity index (χ2n) is 7.94. The number of hydrogen-bond donors (Lipinski definition) is 0. The number of carbonyl (C=O) groups excluding carboxylic acids is 1. The van der Waals surface area contributed by atoms with E-state index in [-0.39, 0.29) is 34.3 Å². The van der Waals surface area contributed by atoms with E-state index < -0.39 is 9.84 Å². The standard InChI is InChI=1S/C23H28N2O3S/c1-16(2)25(17(3)4)23(26)15-24-14-22(20-8-6-7-9-21(20)24)29(27,28)19-12-10-18(5)11-13-19/h6-14,16-17H,15H2,1-5H3. The zero-order valence-corrected chi connectivity index (χ0v) is 18.4. The van der Waals surface area contributed by atoms with Crippen LogP contribution in [0.5, 0.6) is 0 Å². The largest absolute Gasteiger partial charge is 0.337 e. The number of hydrogen-bond acceptors (Lipinski definition) is 3. The highest BCUT2D eigenvalue weighted by Gasteiger charge is 2.25. The summed E-state index contributed by atoms with van der Waals surface area (Å²) in [6.45, 7) is 9.96. The van der Waals surface area contributed by atoms with Gasteiger partial charge in [0.05, 0.1) is 9.79 Å². The van der Waals surface area contributed by atoms with Crippen LogP contribution >= 0.6 is 0 Å². The average Bonchev–Trinajstić information content (AvgIpc) is 3.01. The zero-order valence-electron chi connectivity index (χ0n) is 17.6. The fourth-order valence-corrected chi connectivity index (χ4v) is 5.28. The zero-order chi connectivity index (χ0) is 21.3. The molecule has 0 saturated carbocycles. The van der Waals surface area contributed by atoms with Gasteiger partial charge in [-0.2, -0.15) is 0 Å². The van der Waals surface area contributed by atoms with Crippen LogP contribution in [0, 0.1) is 6.92 Å². The molecule has 3 aromatic rings. The number of aromatic nitrogens is 1. The van der Waals surface area contributed by atoms with Crippen molar-refractivity contribution < 1.29 is 13.2 Å². The van der Waals surface area contributed by atoms with Crippen LogP contribution in [-0.2, 0) is 21.2 Å². The highest BCUT2D eigenvalue weighted by molar-refractivity contribution is 7.91. The summed E-state index contributed by atoms with van der Waals surface area (Å²) in [5.74, 6) is -0.0324.